The lowest BCUT2D eigenvalue weighted by Crippen LogP contribution is -2.11. The molecule has 0 N–H and O–H groups in total. The van der Waals surface area contributed by atoms with Crippen LogP contribution in [0.15, 0.2) is 24.3 Å². The largest absolute Gasteiger partial charge is 0.0627 e. The Morgan fingerprint density at radius 3 is 2.36 bits per heavy atom. The number of hydrogen-bond donors (Lipinski definition) is 0. The second-order valence-electron chi connectivity index (χ2n) is 5.19. The van der Waals surface area contributed by atoms with Gasteiger partial charge in [0.05, 0.1) is 0 Å². The summed E-state index contributed by atoms with van der Waals surface area (Å²) in [5.74, 6) is 0.817. The number of aryl methyl sites for hydroxylation is 1. The zero-order valence-corrected chi connectivity index (χ0v) is 9.51. The van der Waals surface area contributed by atoms with Crippen LogP contribution in [0.4, 0.5) is 0 Å². The molecule has 0 aromatic heterocycles. The van der Waals surface area contributed by atoms with Crippen molar-refractivity contribution < 1.29 is 0 Å². The van der Waals surface area contributed by atoms with Crippen LogP contribution in [0.1, 0.15) is 44.2 Å². The number of benzene rings is 1. The molecule has 76 valence electrons. The lowest BCUT2D eigenvalue weighted by molar-refractivity contribution is 0.485. The van der Waals surface area contributed by atoms with Gasteiger partial charge < -0.3 is 0 Å². The van der Waals surface area contributed by atoms with Crippen LogP contribution >= 0.6 is 0 Å². The van der Waals surface area contributed by atoms with E-state index >= 15 is 0 Å². The van der Waals surface area contributed by atoms with Gasteiger partial charge >= 0.3 is 0 Å². The summed E-state index contributed by atoms with van der Waals surface area (Å²) in [7, 11) is 0. The minimum atomic E-state index is 0.555. The molecule has 1 aliphatic carbocycles. The van der Waals surface area contributed by atoms with Gasteiger partial charge in [-0.3, -0.25) is 0 Å². The fourth-order valence-corrected chi connectivity index (χ4v) is 2.68. The van der Waals surface area contributed by atoms with E-state index in [2.05, 4.69) is 45.0 Å². The highest BCUT2D eigenvalue weighted by Crippen LogP contribution is 2.53. The first kappa shape index (κ1) is 9.76. The molecular weight excluding hydrogens is 168 g/mol. The fourth-order valence-electron chi connectivity index (χ4n) is 2.68. The van der Waals surface area contributed by atoms with Crippen molar-refractivity contribution in [1.29, 1.82) is 0 Å². The summed E-state index contributed by atoms with van der Waals surface area (Å²) in [5.41, 5.74) is 3.64. The monoisotopic (exact) mass is 188 g/mol. The summed E-state index contributed by atoms with van der Waals surface area (Å²) in [6, 6.07) is 8.90. The van der Waals surface area contributed by atoms with E-state index in [1.807, 2.05) is 0 Å². The Morgan fingerprint density at radius 2 is 1.86 bits per heavy atom. The second-order valence-corrected chi connectivity index (χ2v) is 5.19. The molecule has 0 aliphatic heterocycles. The van der Waals surface area contributed by atoms with Crippen LogP contribution in [0, 0.1) is 12.8 Å². The lowest BCUT2D eigenvalue weighted by Gasteiger charge is -2.20. The van der Waals surface area contributed by atoms with Gasteiger partial charge in [0, 0.05) is 0 Å². The Balaban J connectivity index is 2.26. The molecule has 1 saturated carbocycles. The predicted octanol–water partition coefficient (Wildman–Crippen LogP) is 4.07. The highest BCUT2D eigenvalue weighted by Gasteiger charge is 2.44. The quantitative estimate of drug-likeness (QED) is 0.670. The molecule has 1 fully saturated rings. The minimum absolute atomic E-state index is 0.555. The van der Waals surface area contributed by atoms with Crippen LogP contribution in [-0.2, 0) is 5.41 Å². The van der Waals surface area contributed by atoms with Gasteiger partial charge in [-0.05, 0) is 48.6 Å². The van der Waals surface area contributed by atoms with E-state index in [-0.39, 0.29) is 0 Å². The fraction of sp³-hybridized carbons (Fsp3) is 0.571. The van der Waals surface area contributed by atoms with E-state index in [1.165, 1.54) is 24.8 Å². The van der Waals surface area contributed by atoms with Gasteiger partial charge in [-0.1, -0.05) is 38.1 Å². The first-order chi connectivity index (χ1) is 6.64. The molecule has 1 aromatic carbocycles. The number of hydrogen-bond acceptors (Lipinski definition) is 0. The molecule has 0 saturated heterocycles. The van der Waals surface area contributed by atoms with Crippen LogP contribution in [0.5, 0.6) is 0 Å². The average molecular weight is 188 g/mol. The summed E-state index contributed by atoms with van der Waals surface area (Å²) in [4.78, 5) is 0. The van der Waals surface area contributed by atoms with E-state index in [1.54, 1.807) is 5.56 Å². The minimum Gasteiger partial charge on any atom is -0.0627 e. The van der Waals surface area contributed by atoms with E-state index in [9.17, 15) is 0 Å². The van der Waals surface area contributed by atoms with Crippen LogP contribution in [0.2, 0.25) is 0 Å². The third-order valence-corrected chi connectivity index (χ3v) is 3.37. The smallest absolute Gasteiger partial charge is 0.00413 e. The summed E-state index contributed by atoms with van der Waals surface area (Å²) in [5, 5.41) is 0. The third-order valence-electron chi connectivity index (χ3n) is 3.37. The molecule has 0 heteroatoms. The third kappa shape index (κ3) is 1.70. The topological polar surface area (TPSA) is 0 Å². The molecule has 1 aromatic rings. The summed E-state index contributed by atoms with van der Waals surface area (Å²) in [6.07, 6.45) is 4.16. The molecule has 0 spiro atoms. The van der Waals surface area contributed by atoms with Crippen LogP contribution in [0.25, 0.3) is 0 Å². The Bertz CT molecular complexity index is 319. The van der Waals surface area contributed by atoms with Crippen molar-refractivity contribution in [3.8, 4) is 0 Å². The zero-order valence-electron chi connectivity index (χ0n) is 9.51. The predicted molar refractivity (Wildman–Crippen MR) is 61.5 cm³/mol. The van der Waals surface area contributed by atoms with E-state index in [4.69, 9.17) is 0 Å². The first-order valence-electron chi connectivity index (χ1n) is 5.70. The van der Waals surface area contributed by atoms with Crippen molar-refractivity contribution in [2.75, 3.05) is 0 Å². The van der Waals surface area contributed by atoms with Crippen molar-refractivity contribution in [3.05, 3.63) is 35.4 Å². The van der Waals surface area contributed by atoms with E-state index in [0.717, 1.165) is 5.92 Å². The van der Waals surface area contributed by atoms with Gasteiger partial charge in [-0.25, -0.2) is 0 Å². The molecule has 0 unspecified atom stereocenters. The van der Waals surface area contributed by atoms with Crippen molar-refractivity contribution >= 4 is 0 Å². The molecule has 14 heavy (non-hydrogen) atoms. The number of rotatable bonds is 3. The van der Waals surface area contributed by atoms with Crippen molar-refractivity contribution in [2.24, 2.45) is 5.92 Å². The van der Waals surface area contributed by atoms with E-state index < -0.39 is 0 Å². The van der Waals surface area contributed by atoms with Gasteiger partial charge in [0.15, 0.2) is 0 Å². The molecule has 0 atom stereocenters. The highest BCUT2D eigenvalue weighted by atomic mass is 14.5. The molecular formula is C14H20. The van der Waals surface area contributed by atoms with Crippen molar-refractivity contribution in [3.63, 3.8) is 0 Å². The summed E-state index contributed by atoms with van der Waals surface area (Å²) in [6.45, 7) is 6.91. The van der Waals surface area contributed by atoms with Crippen LogP contribution < -0.4 is 0 Å². The second kappa shape index (κ2) is 3.42. The Kier molecular flexibility index (Phi) is 2.38. The maximum atomic E-state index is 2.33. The summed E-state index contributed by atoms with van der Waals surface area (Å²) >= 11 is 0. The van der Waals surface area contributed by atoms with Gasteiger partial charge in [0.1, 0.15) is 0 Å². The molecule has 1 aliphatic rings. The standard InChI is InChI=1S/C14H20/c1-11(2)10-14(8-9-14)13-7-5-4-6-12(13)3/h4-7,11H,8-10H2,1-3H3. The Morgan fingerprint density at radius 1 is 1.21 bits per heavy atom. The molecule has 0 heterocycles. The highest BCUT2D eigenvalue weighted by molar-refractivity contribution is 5.37. The van der Waals surface area contributed by atoms with Crippen LogP contribution in [0.3, 0.4) is 0 Å². The molecule has 0 bridgehead atoms. The lowest BCUT2D eigenvalue weighted by atomic mass is 9.85. The summed E-state index contributed by atoms with van der Waals surface area (Å²) < 4.78 is 0. The maximum Gasteiger partial charge on any atom is -0.00413 e. The zero-order chi connectivity index (χ0) is 10.2. The van der Waals surface area contributed by atoms with Crippen molar-refractivity contribution in [2.45, 2.75) is 45.4 Å². The maximum absolute atomic E-state index is 2.33. The van der Waals surface area contributed by atoms with Crippen molar-refractivity contribution in [1.82, 2.24) is 0 Å². The Labute approximate surface area is 87.3 Å². The van der Waals surface area contributed by atoms with Gasteiger partial charge in [0.2, 0.25) is 0 Å². The van der Waals surface area contributed by atoms with Crippen LogP contribution in [-0.4, -0.2) is 0 Å². The average Bonchev–Trinajstić information content (AvgIpc) is 2.85. The molecule has 0 radical (unpaired) electrons. The normalized spacial score (nSPS) is 18.6. The molecule has 2 rings (SSSR count). The SMILES string of the molecule is Cc1ccccc1C1(CC(C)C)CC1. The van der Waals surface area contributed by atoms with E-state index in [0.29, 0.717) is 5.41 Å². The van der Waals surface area contributed by atoms with Gasteiger partial charge in [-0.2, -0.15) is 0 Å². The van der Waals surface area contributed by atoms with Gasteiger partial charge in [0.25, 0.3) is 0 Å². The Hall–Kier alpha value is -0.780. The molecule has 0 amide bonds. The molecule has 0 nitrogen and oxygen atoms in total. The van der Waals surface area contributed by atoms with Gasteiger partial charge in [-0.15, -0.1) is 0 Å². The first-order valence-corrected chi connectivity index (χ1v) is 5.70.